The number of carbonyl (C=O) groups is 1. The summed E-state index contributed by atoms with van der Waals surface area (Å²) >= 11 is 12.2. The van der Waals surface area contributed by atoms with Gasteiger partial charge < -0.3 is 5.73 Å². The average Bonchev–Trinajstić information content (AvgIpc) is 2.34. The van der Waals surface area contributed by atoms with Gasteiger partial charge in [-0.05, 0) is 18.2 Å². The Labute approximate surface area is 115 Å². The van der Waals surface area contributed by atoms with E-state index in [1.165, 1.54) is 0 Å². The number of primary amides is 1. The first-order valence-electron chi connectivity index (χ1n) is 5.29. The highest BCUT2D eigenvalue weighted by Crippen LogP contribution is 2.23. The number of nitrogens with two attached hydrogens (primary N) is 1. The van der Waals surface area contributed by atoms with Gasteiger partial charge in [-0.15, -0.1) is 0 Å². The second kappa shape index (κ2) is 5.38. The smallest absolute Gasteiger partial charge is 0.254 e. The van der Waals surface area contributed by atoms with Gasteiger partial charge in [-0.1, -0.05) is 29.3 Å². The van der Waals surface area contributed by atoms with E-state index in [0.717, 1.165) is 5.56 Å². The fourth-order valence-corrected chi connectivity index (χ4v) is 2.15. The van der Waals surface area contributed by atoms with E-state index in [1.54, 1.807) is 36.5 Å². The first-order valence-corrected chi connectivity index (χ1v) is 6.05. The summed E-state index contributed by atoms with van der Waals surface area (Å²) in [6.45, 7) is 0.486. The Kier molecular flexibility index (Phi) is 3.84. The van der Waals surface area contributed by atoms with Gasteiger partial charge in [0.05, 0.1) is 15.6 Å². The first kappa shape index (κ1) is 12.9. The maximum atomic E-state index is 11.1. The van der Waals surface area contributed by atoms with E-state index in [4.69, 9.17) is 28.9 Å². The van der Waals surface area contributed by atoms with Crippen molar-refractivity contribution in [1.82, 2.24) is 0 Å². The second-order valence-corrected chi connectivity index (χ2v) is 4.64. The number of halogens is 2. The van der Waals surface area contributed by atoms with Crippen LogP contribution in [0.25, 0.3) is 0 Å². The molecule has 0 saturated carbocycles. The predicted octanol–water partition coefficient (Wildman–Crippen LogP) is 2.43. The summed E-state index contributed by atoms with van der Waals surface area (Å²) in [5.41, 5.74) is 6.49. The molecular formula is C13H11Cl2N2O+. The highest BCUT2D eigenvalue weighted by Gasteiger charge is 2.12. The van der Waals surface area contributed by atoms with E-state index in [1.807, 2.05) is 10.8 Å². The molecule has 5 heteroatoms. The molecule has 18 heavy (non-hydrogen) atoms. The van der Waals surface area contributed by atoms with Crippen LogP contribution >= 0.6 is 23.2 Å². The van der Waals surface area contributed by atoms with Crippen molar-refractivity contribution in [3.63, 3.8) is 0 Å². The summed E-state index contributed by atoms with van der Waals surface area (Å²) in [6, 6.07) is 8.76. The standard InChI is InChI=1S/C13H10Cl2N2O/c14-11-4-1-5-12(15)10(11)8-17-6-2-3-9(7-17)13(16)18/h1-7H,8H2,(H-,16,18)/p+1. The Bertz CT molecular complexity index is 579. The number of aromatic nitrogens is 1. The molecule has 0 aliphatic rings. The third-order valence-corrected chi connectivity index (χ3v) is 3.25. The Morgan fingerprint density at radius 2 is 1.83 bits per heavy atom. The molecule has 0 radical (unpaired) electrons. The summed E-state index contributed by atoms with van der Waals surface area (Å²) in [4.78, 5) is 11.1. The van der Waals surface area contributed by atoms with Crippen LogP contribution in [-0.2, 0) is 6.54 Å². The number of nitrogens with zero attached hydrogens (tertiary/aromatic N) is 1. The van der Waals surface area contributed by atoms with Crippen molar-refractivity contribution in [3.05, 3.63) is 63.9 Å². The largest absolute Gasteiger partial charge is 0.365 e. The van der Waals surface area contributed by atoms with E-state index >= 15 is 0 Å². The van der Waals surface area contributed by atoms with Crippen LogP contribution < -0.4 is 10.3 Å². The SMILES string of the molecule is NC(=O)c1ccc[n+](Cc2c(Cl)cccc2Cl)c1. The van der Waals surface area contributed by atoms with E-state index in [9.17, 15) is 4.79 Å². The van der Waals surface area contributed by atoms with E-state index in [2.05, 4.69) is 0 Å². The van der Waals surface area contributed by atoms with Gasteiger partial charge in [0, 0.05) is 6.07 Å². The zero-order chi connectivity index (χ0) is 13.1. The van der Waals surface area contributed by atoms with Crippen molar-refractivity contribution in [3.8, 4) is 0 Å². The van der Waals surface area contributed by atoms with Gasteiger partial charge in [-0.3, -0.25) is 4.79 Å². The lowest BCUT2D eigenvalue weighted by Crippen LogP contribution is -2.35. The Hall–Kier alpha value is -1.58. The number of carbonyl (C=O) groups excluding carboxylic acids is 1. The second-order valence-electron chi connectivity index (χ2n) is 3.83. The molecule has 0 aliphatic heterocycles. The van der Waals surface area contributed by atoms with Crippen LogP contribution in [0.15, 0.2) is 42.7 Å². The number of benzene rings is 1. The lowest BCUT2D eigenvalue weighted by molar-refractivity contribution is -0.688. The third-order valence-electron chi connectivity index (χ3n) is 2.55. The average molecular weight is 282 g/mol. The molecule has 2 aromatic rings. The molecule has 1 aromatic carbocycles. The van der Waals surface area contributed by atoms with Crippen LogP contribution in [0.2, 0.25) is 10.0 Å². The maximum Gasteiger partial charge on any atom is 0.254 e. The number of hydrogen-bond donors (Lipinski definition) is 1. The molecule has 1 amide bonds. The molecule has 0 aliphatic carbocycles. The van der Waals surface area contributed by atoms with E-state index in [-0.39, 0.29) is 0 Å². The normalized spacial score (nSPS) is 10.3. The number of pyridine rings is 1. The van der Waals surface area contributed by atoms with Crippen LogP contribution in [0.1, 0.15) is 15.9 Å². The minimum Gasteiger partial charge on any atom is -0.365 e. The van der Waals surface area contributed by atoms with Crippen LogP contribution in [0.3, 0.4) is 0 Å². The zero-order valence-electron chi connectivity index (χ0n) is 9.44. The van der Waals surface area contributed by atoms with Gasteiger partial charge in [0.15, 0.2) is 18.9 Å². The lowest BCUT2D eigenvalue weighted by Gasteiger charge is -2.03. The molecule has 0 spiro atoms. The van der Waals surface area contributed by atoms with Crippen molar-refractivity contribution < 1.29 is 9.36 Å². The predicted molar refractivity (Wildman–Crippen MR) is 70.7 cm³/mol. The molecule has 3 nitrogen and oxygen atoms in total. The Morgan fingerprint density at radius 3 is 2.44 bits per heavy atom. The lowest BCUT2D eigenvalue weighted by atomic mass is 10.2. The topological polar surface area (TPSA) is 47.0 Å². The number of rotatable bonds is 3. The molecular weight excluding hydrogens is 271 g/mol. The zero-order valence-corrected chi connectivity index (χ0v) is 10.9. The number of amides is 1. The van der Waals surface area contributed by atoms with Crippen molar-refractivity contribution >= 4 is 29.1 Å². The van der Waals surface area contributed by atoms with Crippen molar-refractivity contribution in [2.24, 2.45) is 5.73 Å². The quantitative estimate of drug-likeness (QED) is 0.863. The molecule has 0 atom stereocenters. The van der Waals surface area contributed by atoms with Crippen LogP contribution in [0.5, 0.6) is 0 Å². The number of hydrogen-bond acceptors (Lipinski definition) is 1. The van der Waals surface area contributed by atoms with Crippen LogP contribution in [-0.4, -0.2) is 5.91 Å². The van der Waals surface area contributed by atoms with Gasteiger partial charge >= 0.3 is 0 Å². The van der Waals surface area contributed by atoms with Crippen LogP contribution in [0, 0.1) is 0 Å². The molecule has 0 saturated heterocycles. The molecule has 0 fully saturated rings. The summed E-state index contributed by atoms with van der Waals surface area (Å²) in [5, 5.41) is 1.19. The third kappa shape index (κ3) is 2.81. The minimum atomic E-state index is -0.463. The summed E-state index contributed by atoms with van der Waals surface area (Å²) in [5.74, 6) is -0.463. The van der Waals surface area contributed by atoms with E-state index < -0.39 is 5.91 Å². The van der Waals surface area contributed by atoms with Crippen LogP contribution in [0.4, 0.5) is 0 Å². The van der Waals surface area contributed by atoms with Crippen molar-refractivity contribution in [2.45, 2.75) is 6.54 Å². The summed E-state index contributed by atoms with van der Waals surface area (Å²) in [6.07, 6.45) is 3.49. The fraction of sp³-hybridized carbons (Fsp3) is 0.0769. The maximum absolute atomic E-state index is 11.1. The Morgan fingerprint density at radius 1 is 1.17 bits per heavy atom. The highest BCUT2D eigenvalue weighted by atomic mass is 35.5. The van der Waals surface area contributed by atoms with Gasteiger partial charge in [0.1, 0.15) is 5.56 Å². The summed E-state index contributed by atoms with van der Waals surface area (Å²) in [7, 11) is 0. The molecule has 92 valence electrons. The van der Waals surface area contributed by atoms with Gasteiger partial charge in [0.25, 0.3) is 5.91 Å². The summed E-state index contributed by atoms with van der Waals surface area (Å²) < 4.78 is 1.81. The van der Waals surface area contributed by atoms with E-state index in [0.29, 0.717) is 22.2 Å². The van der Waals surface area contributed by atoms with Gasteiger partial charge in [-0.2, -0.15) is 4.57 Å². The van der Waals surface area contributed by atoms with Gasteiger partial charge in [-0.25, -0.2) is 0 Å². The molecule has 1 heterocycles. The van der Waals surface area contributed by atoms with Crippen molar-refractivity contribution in [2.75, 3.05) is 0 Å². The van der Waals surface area contributed by atoms with Crippen molar-refractivity contribution in [1.29, 1.82) is 0 Å². The molecule has 2 rings (SSSR count). The van der Waals surface area contributed by atoms with Gasteiger partial charge in [0.2, 0.25) is 0 Å². The molecule has 2 N–H and O–H groups in total. The first-order chi connectivity index (χ1) is 8.58. The highest BCUT2D eigenvalue weighted by molar-refractivity contribution is 6.35. The molecule has 0 bridgehead atoms. The Balaban J connectivity index is 2.34. The fourth-order valence-electron chi connectivity index (χ4n) is 1.63. The molecule has 0 unspecified atom stereocenters. The monoisotopic (exact) mass is 281 g/mol. The minimum absolute atomic E-state index is 0.445. The molecule has 1 aromatic heterocycles.